The molecule has 0 amide bonds. The van der Waals surface area contributed by atoms with Crippen LogP contribution in [0.2, 0.25) is 0 Å². The summed E-state index contributed by atoms with van der Waals surface area (Å²) in [5.74, 6) is 0.687. The van der Waals surface area contributed by atoms with E-state index in [-0.39, 0.29) is 0 Å². The van der Waals surface area contributed by atoms with Crippen molar-refractivity contribution in [2.24, 2.45) is 7.05 Å². The molecule has 0 fully saturated rings. The number of benzene rings is 1. The van der Waals surface area contributed by atoms with Crippen molar-refractivity contribution in [3.8, 4) is 0 Å². The maximum Gasteiger partial charge on any atom is 0.0949 e. The molecule has 0 saturated carbocycles. The van der Waals surface area contributed by atoms with E-state index in [1.54, 1.807) is 0 Å². The van der Waals surface area contributed by atoms with Gasteiger partial charge < -0.3 is 4.57 Å². The summed E-state index contributed by atoms with van der Waals surface area (Å²) in [5.41, 5.74) is 2.51. The van der Waals surface area contributed by atoms with Gasteiger partial charge in [0, 0.05) is 49.4 Å². The van der Waals surface area contributed by atoms with E-state index in [4.69, 9.17) is 0 Å². The lowest BCUT2D eigenvalue weighted by atomic mass is 10.1. The zero-order valence-corrected chi connectivity index (χ0v) is 12.5. The molecule has 5 heteroatoms. The molecule has 1 aliphatic heterocycles. The Bertz CT molecular complexity index is 609. The fourth-order valence-electron chi connectivity index (χ4n) is 2.60. The number of nitrogens with zero attached hydrogens (tertiary/aromatic N) is 3. The Hall–Kier alpha value is -1.46. The summed E-state index contributed by atoms with van der Waals surface area (Å²) in [4.78, 5) is 7.70. The average Bonchev–Trinajstić information content (AvgIpc) is 2.87. The molecule has 0 saturated heterocycles. The van der Waals surface area contributed by atoms with E-state index in [1.807, 2.05) is 43.7 Å². The third-order valence-electron chi connectivity index (χ3n) is 3.78. The van der Waals surface area contributed by atoms with E-state index in [0.717, 1.165) is 31.0 Å². The fraction of sp³-hybridized carbons (Fsp3) is 0.400. The molecular formula is C15H19N3OS. The van der Waals surface area contributed by atoms with Gasteiger partial charge in [0.15, 0.2) is 0 Å². The molecule has 20 heavy (non-hydrogen) atoms. The lowest BCUT2D eigenvalue weighted by Gasteiger charge is -2.26. The number of aromatic nitrogens is 2. The highest BCUT2D eigenvalue weighted by Crippen LogP contribution is 2.17. The summed E-state index contributed by atoms with van der Waals surface area (Å²) in [6, 6.07) is 9.70. The number of rotatable bonds is 4. The average molecular weight is 289 g/mol. The van der Waals surface area contributed by atoms with Crippen molar-refractivity contribution in [1.82, 2.24) is 14.5 Å². The van der Waals surface area contributed by atoms with E-state index in [0.29, 0.717) is 5.75 Å². The predicted molar refractivity (Wildman–Crippen MR) is 79.9 cm³/mol. The van der Waals surface area contributed by atoms with Crippen LogP contribution in [0.1, 0.15) is 11.4 Å². The van der Waals surface area contributed by atoms with E-state index in [9.17, 15) is 4.21 Å². The summed E-state index contributed by atoms with van der Waals surface area (Å²) < 4.78 is 14.3. The molecule has 0 aliphatic carbocycles. The number of aryl methyl sites for hydroxylation is 1. The number of fused-ring (bicyclic) bond motifs is 1. The van der Waals surface area contributed by atoms with Crippen LogP contribution in [-0.2, 0) is 30.8 Å². The smallest absolute Gasteiger partial charge is 0.0949 e. The van der Waals surface area contributed by atoms with Crippen LogP contribution in [0.3, 0.4) is 0 Å². The van der Waals surface area contributed by atoms with E-state index in [2.05, 4.69) is 14.5 Å². The van der Waals surface area contributed by atoms with Gasteiger partial charge in [-0.2, -0.15) is 0 Å². The quantitative estimate of drug-likeness (QED) is 0.858. The van der Waals surface area contributed by atoms with E-state index < -0.39 is 10.8 Å². The van der Waals surface area contributed by atoms with E-state index >= 15 is 0 Å². The van der Waals surface area contributed by atoms with Gasteiger partial charge in [0.1, 0.15) is 0 Å². The van der Waals surface area contributed by atoms with Gasteiger partial charge in [0.05, 0.1) is 22.8 Å². The Morgan fingerprint density at radius 2 is 2.10 bits per heavy atom. The molecule has 2 aromatic rings. The Labute approximate surface area is 121 Å². The normalized spacial score (nSPS) is 16.9. The van der Waals surface area contributed by atoms with Crippen LogP contribution in [0.5, 0.6) is 0 Å². The van der Waals surface area contributed by atoms with Gasteiger partial charge in [-0.15, -0.1) is 0 Å². The van der Waals surface area contributed by atoms with Crippen molar-refractivity contribution in [2.75, 3.05) is 18.8 Å². The molecule has 106 valence electrons. The van der Waals surface area contributed by atoms with Crippen LogP contribution in [0.25, 0.3) is 0 Å². The van der Waals surface area contributed by atoms with Crippen LogP contribution in [-0.4, -0.2) is 37.5 Å². The van der Waals surface area contributed by atoms with Gasteiger partial charge in [-0.05, 0) is 12.1 Å². The number of hydrogen-bond donors (Lipinski definition) is 0. The lowest BCUT2D eigenvalue weighted by Crippen LogP contribution is -2.34. The van der Waals surface area contributed by atoms with Crippen molar-refractivity contribution in [1.29, 1.82) is 0 Å². The topological polar surface area (TPSA) is 38.1 Å². The summed E-state index contributed by atoms with van der Waals surface area (Å²) in [6.45, 7) is 2.76. The van der Waals surface area contributed by atoms with Crippen molar-refractivity contribution in [2.45, 2.75) is 17.9 Å². The molecule has 3 rings (SSSR count). The van der Waals surface area contributed by atoms with Crippen molar-refractivity contribution in [3.05, 3.63) is 48.0 Å². The molecule has 0 N–H and O–H groups in total. The monoisotopic (exact) mass is 289 g/mol. The molecule has 4 nitrogen and oxygen atoms in total. The Balaban J connectivity index is 1.57. The molecule has 2 heterocycles. The Kier molecular flexibility index (Phi) is 3.98. The zero-order chi connectivity index (χ0) is 13.9. The molecule has 0 radical (unpaired) electrons. The van der Waals surface area contributed by atoms with Crippen LogP contribution < -0.4 is 0 Å². The second kappa shape index (κ2) is 5.89. The van der Waals surface area contributed by atoms with Crippen LogP contribution in [0.4, 0.5) is 0 Å². The first kappa shape index (κ1) is 13.5. The Morgan fingerprint density at radius 3 is 2.90 bits per heavy atom. The first-order valence-electron chi connectivity index (χ1n) is 6.89. The summed E-state index contributed by atoms with van der Waals surface area (Å²) in [6.07, 6.45) is 2.92. The first-order valence-corrected chi connectivity index (χ1v) is 8.21. The number of imidazole rings is 1. The lowest BCUT2D eigenvalue weighted by molar-refractivity contribution is 0.263. The Morgan fingerprint density at radius 1 is 1.30 bits per heavy atom. The molecule has 1 aromatic carbocycles. The highest BCUT2D eigenvalue weighted by molar-refractivity contribution is 7.85. The van der Waals surface area contributed by atoms with Gasteiger partial charge in [0.25, 0.3) is 0 Å². The van der Waals surface area contributed by atoms with Gasteiger partial charge in [-0.3, -0.25) is 9.11 Å². The maximum absolute atomic E-state index is 12.2. The molecule has 1 aliphatic rings. The minimum absolute atomic E-state index is 0.687. The summed E-state index contributed by atoms with van der Waals surface area (Å²) in [7, 11) is 1.14. The third-order valence-corrected chi connectivity index (χ3v) is 5.13. The standard InChI is InChI=1S/C15H19N3OS/c1-17-12-16-14-11-18(8-7-15(14)17)9-10-20(19)13-5-3-2-4-6-13/h2-6,12H,7-11H2,1H3/t20-/m0/s1. The SMILES string of the molecule is Cn1cnc2c1CCN(CC[S@](=O)c1ccccc1)C2. The largest absolute Gasteiger partial charge is 0.337 e. The maximum atomic E-state index is 12.2. The highest BCUT2D eigenvalue weighted by atomic mass is 32.2. The van der Waals surface area contributed by atoms with Crippen LogP contribution in [0.15, 0.2) is 41.6 Å². The molecule has 0 unspecified atom stereocenters. The molecule has 1 atom stereocenters. The molecule has 0 bridgehead atoms. The van der Waals surface area contributed by atoms with Crippen molar-refractivity contribution < 1.29 is 4.21 Å². The summed E-state index contributed by atoms with van der Waals surface area (Å²) in [5, 5.41) is 0. The molecule has 0 spiro atoms. The fourth-order valence-corrected chi connectivity index (χ4v) is 3.73. The highest BCUT2D eigenvalue weighted by Gasteiger charge is 2.20. The second-order valence-corrected chi connectivity index (χ2v) is 6.71. The van der Waals surface area contributed by atoms with Crippen LogP contribution in [0, 0.1) is 0 Å². The second-order valence-electron chi connectivity index (χ2n) is 5.14. The van der Waals surface area contributed by atoms with Gasteiger partial charge >= 0.3 is 0 Å². The minimum atomic E-state index is -0.905. The van der Waals surface area contributed by atoms with Gasteiger partial charge in [0.2, 0.25) is 0 Å². The molecular weight excluding hydrogens is 270 g/mol. The number of hydrogen-bond acceptors (Lipinski definition) is 3. The summed E-state index contributed by atoms with van der Waals surface area (Å²) >= 11 is 0. The minimum Gasteiger partial charge on any atom is -0.337 e. The molecule has 1 aromatic heterocycles. The van der Waals surface area contributed by atoms with Gasteiger partial charge in [-0.25, -0.2) is 4.98 Å². The predicted octanol–water partition coefficient (Wildman–Crippen LogP) is 1.59. The van der Waals surface area contributed by atoms with Crippen molar-refractivity contribution in [3.63, 3.8) is 0 Å². The van der Waals surface area contributed by atoms with Crippen molar-refractivity contribution >= 4 is 10.8 Å². The van der Waals surface area contributed by atoms with Crippen LogP contribution >= 0.6 is 0 Å². The zero-order valence-electron chi connectivity index (χ0n) is 11.7. The van der Waals surface area contributed by atoms with Gasteiger partial charge in [-0.1, -0.05) is 18.2 Å². The first-order chi connectivity index (χ1) is 9.74. The third kappa shape index (κ3) is 2.83. The van der Waals surface area contributed by atoms with E-state index in [1.165, 1.54) is 11.4 Å².